The summed E-state index contributed by atoms with van der Waals surface area (Å²) in [6, 6.07) is 14.4. The van der Waals surface area contributed by atoms with Crippen LogP contribution in [0.4, 0.5) is 11.4 Å². The van der Waals surface area contributed by atoms with Crippen LogP contribution in [0.3, 0.4) is 0 Å². The molecule has 0 aliphatic carbocycles. The molecule has 1 N–H and O–H groups in total. The van der Waals surface area contributed by atoms with E-state index in [0.29, 0.717) is 0 Å². The van der Waals surface area contributed by atoms with E-state index in [2.05, 4.69) is 35.3 Å². The number of carbonyl (C=O) groups excluding carboxylic acids is 1. The number of para-hydroxylation sites is 1. The van der Waals surface area contributed by atoms with E-state index < -0.39 is 0 Å². The number of aryl methyl sites for hydroxylation is 1. The van der Waals surface area contributed by atoms with Crippen LogP contribution in [-0.2, 0) is 4.79 Å². The third-order valence-corrected chi connectivity index (χ3v) is 4.73. The first-order chi connectivity index (χ1) is 11.2. The molecular formula is C20H20N2O. The lowest BCUT2D eigenvalue weighted by Gasteiger charge is -2.18. The molecule has 3 heteroatoms. The Hall–Kier alpha value is -2.55. The van der Waals surface area contributed by atoms with Crippen LogP contribution in [0, 0.1) is 6.92 Å². The molecule has 0 saturated carbocycles. The summed E-state index contributed by atoms with van der Waals surface area (Å²) >= 11 is 0. The summed E-state index contributed by atoms with van der Waals surface area (Å²) in [6.45, 7) is 4.41. The van der Waals surface area contributed by atoms with Gasteiger partial charge in [0.15, 0.2) is 0 Å². The fourth-order valence-corrected chi connectivity index (χ4v) is 3.43. The second-order valence-corrected chi connectivity index (χ2v) is 6.29. The Morgan fingerprint density at radius 2 is 1.87 bits per heavy atom. The Labute approximate surface area is 136 Å². The summed E-state index contributed by atoms with van der Waals surface area (Å²) in [5, 5.41) is 2.93. The molecule has 2 aromatic carbocycles. The van der Waals surface area contributed by atoms with Crippen LogP contribution in [-0.4, -0.2) is 19.0 Å². The maximum absolute atomic E-state index is 12.2. The van der Waals surface area contributed by atoms with E-state index in [1.807, 2.05) is 30.3 Å². The molecule has 2 aliphatic rings. The van der Waals surface area contributed by atoms with Gasteiger partial charge in [0.2, 0.25) is 0 Å². The highest BCUT2D eigenvalue weighted by Gasteiger charge is 2.23. The van der Waals surface area contributed by atoms with Gasteiger partial charge < -0.3 is 10.2 Å². The van der Waals surface area contributed by atoms with Crippen molar-refractivity contribution in [3.63, 3.8) is 0 Å². The zero-order valence-electron chi connectivity index (χ0n) is 13.3. The molecule has 0 bridgehead atoms. The molecule has 2 aliphatic heterocycles. The third kappa shape index (κ3) is 2.52. The first-order valence-electron chi connectivity index (χ1n) is 8.20. The van der Waals surface area contributed by atoms with Gasteiger partial charge in [-0.05, 0) is 55.2 Å². The zero-order valence-corrected chi connectivity index (χ0v) is 13.3. The number of fused-ring (bicyclic) bond motifs is 1. The van der Waals surface area contributed by atoms with Gasteiger partial charge >= 0.3 is 0 Å². The van der Waals surface area contributed by atoms with Crippen molar-refractivity contribution in [3.05, 3.63) is 59.2 Å². The Morgan fingerprint density at radius 3 is 2.65 bits per heavy atom. The van der Waals surface area contributed by atoms with Crippen LogP contribution in [0.25, 0.3) is 11.6 Å². The van der Waals surface area contributed by atoms with Crippen LogP contribution in [0.15, 0.2) is 42.5 Å². The van der Waals surface area contributed by atoms with Gasteiger partial charge in [-0.25, -0.2) is 0 Å². The van der Waals surface area contributed by atoms with Gasteiger partial charge in [-0.1, -0.05) is 24.3 Å². The maximum atomic E-state index is 12.2. The molecule has 0 spiro atoms. The Morgan fingerprint density at radius 1 is 1.09 bits per heavy atom. The molecule has 2 aromatic rings. The number of anilines is 2. The minimum Gasteiger partial charge on any atom is -0.372 e. The van der Waals surface area contributed by atoms with Crippen molar-refractivity contribution in [2.75, 3.05) is 23.3 Å². The van der Waals surface area contributed by atoms with E-state index in [0.717, 1.165) is 35.5 Å². The van der Waals surface area contributed by atoms with Gasteiger partial charge in [-0.2, -0.15) is 0 Å². The molecule has 1 fully saturated rings. The highest BCUT2D eigenvalue weighted by atomic mass is 16.2. The van der Waals surface area contributed by atoms with Crippen LogP contribution < -0.4 is 10.2 Å². The molecule has 116 valence electrons. The average Bonchev–Trinajstić information content (AvgIpc) is 3.18. The number of nitrogens with one attached hydrogen (secondary N) is 1. The highest BCUT2D eigenvalue weighted by Crippen LogP contribution is 2.33. The largest absolute Gasteiger partial charge is 0.372 e. The van der Waals surface area contributed by atoms with Gasteiger partial charge in [-0.15, -0.1) is 0 Å². The van der Waals surface area contributed by atoms with Crippen LogP contribution >= 0.6 is 0 Å². The zero-order chi connectivity index (χ0) is 15.8. The first kappa shape index (κ1) is 14.1. The van der Waals surface area contributed by atoms with Crippen molar-refractivity contribution >= 4 is 28.9 Å². The highest BCUT2D eigenvalue weighted by molar-refractivity contribution is 6.34. The molecule has 1 amide bonds. The molecule has 2 heterocycles. The topological polar surface area (TPSA) is 32.3 Å². The van der Waals surface area contributed by atoms with Gasteiger partial charge in [0.1, 0.15) is 0 Å². The van der Waals surface area contributed by atoms with Gasteiger partial charge in [0.25, 0.3) is 5.91 Å². The standard InChI is InChI=1S/C20H20N2O/c1-14-12-16(22-10-4-5-11-22)9-8-15(14)13-18-17-6-2-3-7-19(17)21-20(18)23/h2-3,6-9,12-13H,4-5,10-11H2,1H3,(H,21,23)/b18-13-. The molecule has 23 heavy (non-hydrogen) atoms. The second-order valence-electron chi connectivity index (χ2n) is 6.29. The third-order valence-electron chi connectivity index (χ3n) is 4.73. The summed E-state index contributed by atoms with van der Waals surface area (Å²) in [4.78, 5) is 14.7. The Bertz CT molecular complexity index is 801. The quantitative estimate of drug-likeness (QED) is 0.848. The molecule has 1 saturated heterocycles. The van der Waals surface area contributed by atoms with E-state index in [1.165, 1.54) is 24.1 Å². The van der Waals surface area contributed by atoms with Crippen molar-refractivity contribution in [3.8, 4) is 0 Å². The fourth-order valence-electron chi connectivity index (χ4n) is 3.43. The minimum absolute atomic E-state index is 0.0192. The molecule has 0 unspecified atom stereocenters. The Balaban J connectivity index is 1.70. The van der Waals surface area contributed by atoms with Gasteiger partial charge in [0.05, 0.1) is 0 Å². The lowest BCUT2D eigenvalue weighted by molar-refractivity contribution is -0.110. The number of hydrogen-bond donors (Lipinski definition) is 1. The normalized spacial score (nSPS) is 18.4. The molecule has 0 atom stereocenters. The van der Waals surface area contributed by atoms with E-state index in [4.69, 9.17) is 0 Å². The Kier molecular flexibility index (Phi) is 3.41. The van der Waals surface area contributed by atoms with E-state index in [9.17, 15) is 4.79 Å². The number of nitrogens with zero attached hydrogens (tertiary/aromatic N) is 1. The van der Waals surface area contributed by atoms with E-state index in [1.54, 1.807) is 0 Å². The number of hydrogen-bond acceptors (Lipinski definition) is 2. The summed E-state index contributed by atoms with van der Waals surface area (Å²) in [6.07, 6.45) is 4.56. The van der Waals surface area contributed by atoms with Crippen LogP contribution in [0.5, 0.6) is 0 Å². The average molecular weight is 304 g/mol. The summed E-state index contributed by atoms with van der Waals surface area (Å²) in [5.74, 6) is -0.0192. The maximum Gasteiger partial charge on any atom is 0.256 e. The van der Waals surface area contributed by atoms with Crippen molar-refractivity contribution in [1.82, 2.24) is 0 Å². The monoisotopic (exact) mass is 304 g/mol. The number of rotatable bonds is 2. The second kappa shape index (κ2) is 5.58. The van der Waals surface area contributed by atoms with Crippen LogP contribution in [0.2, 0.25) is 0 Å². The van der Waals surface area contributed by atoms with Crippen molar-refractivity contribution in [1.29, 1.82) is 0 Å². The van der Waals surface area contributed by atoms with Gasteiger partial charge in [0, 0.05) is 35.6 Å². The number of benzene rings is 2. The van der Waals surface area contributed by atoms with Crippen molar-refractivity contribution in [2.45, 2.75) is 19.8 Å². The lowest BCUT2D eigenvalue weighted by atomic mass is 10.0. The predicted octanol–water partition coefficient (Wildman–Crippen LogP) is 4.09. The SMILES string of the molecule is Cc1cc(N2CCCC2)ccc1/C=C1\C(=O)Nc2ccccc21. The smallest absolute Gasteiger partial charge is 0.256 e. The lowest BCUT2D eigenvalue weighted by Crippen LogP contribution is -2.17. The summed E-state index contributed by atoms with van der Waals surface area (Å²) < 4.78 is 0. The molecule has 4 rings (SSSR count). The number of amides is 1. The van der Waals surface area contributed by atoms with E-state index >= 15 is 0 Å². The fraction of sp³-hybridized carbons (Fsp3) is 0.250. The predicted molar refractivity (Wildman–Crippen MR) is 95.6 cm³/mol. The van der Waals surface area contributed by atoms with Gasteiger partial charge in [-0.3, -0.25) is 4.79 Å². The molecular weight excluding hydrogens is 284 g/mol. The summed E-state index contributed by atoms with van der Waals surface area (Å²) in [5.41, 5.74) is 6.24. The van der Waals surface area contributed by atoms with Crippen molar-refractivity contribution in [2.24, 2.45) is 0 Å². The molecule has 3 nitrogen and oxygen atoms in total. The summed E-state index contributed by atoms with van der Waals surface area (Å²) in [7, 11) is 0. The van der Waals surface area contributed by atoms with E-state index in [-0.39, 0.29) is 5.91 Å². The minimum atomic E-state index is -0.0192. The molecule has 0 radical (unpaired) electrons. The molecule has 0 aromatic heterocycles. The first-order valence-corrected chi connectivity index (χ1v) is 8.20. The van der Waals surface area contributed by atoms with Crippen LogP contribution in [0.1, 0.15) is 29.5 Å². The number of carbonyl (C=O) groups is 1. The van der Waals surface area contributed by atoms with Crippen molar-refractivity contribution < 1.29 is 4.79 Å².